The van der Waals surface area contributed by atoms with Gasteiger partial charge in [-0.05, 0) is 50.3 Å². The summed E-state index contributed by atoms with van der Waals surface area (Å²) in [6.45, 7) is 4.97. The topological polar surface area (TPSA) is 70.6 Å². The summed E-state index contributed by atoms with van der Waals surface area (Å²) in [5.41, 5.74) is 2.24. The molecule has 3 N–H and O–H groups in total. The van der Waals surface area contributed by atoms with E-state index in [0.29, 0.717) is 6.54 Å². The largest absolute Gasteiger partial charge is 0.473 e. The molecule has 1 rings (SSSR count). The Balaban J connectivity index is 2.17. The van der Waals surface area contributed by atoms with Crippen molar-refractivity contribution in [2.75, 3.05) is 19.9 Å². The van der Waals surface area contributed by atoms with Crippen LogP contribution < -0.4 is 15.4 Å². The zero-order valence-corrected chi connectivity index (χ0v) is 12.2. The third kappa shape index (κ3) is 5.93. The Morgan fingerprint density at radius 3 is 2.75 bits per heavy atom. The number of aliphatic hydroxyl groups is 1. The van der Waals surface area contributed by atoms with E-state index in [1.54, 1.807) is 0 Å². The van der Waals surface area contributed by atoms with Crippen molar-refractivity contribution in [2.24, 2.45) is 0 Å². The van der Waals surface area contributed by atoms with E-state index in [0.717, 1.165) is 36.1 Å². The van der Waals surface area contributed by atoms with Crippen LogP contribution in [0, 0.1) is 13.8 Å². The summed E-state index contributed by atoms with van der Waals surface area (Å²) >= 11 is 0. The van der Waals surface area contributed by atoms with Gasteiger partial charge in [0.05, 0.1) is 0 Å². The van der Waals surface area contributed by atoms with Gasteiger partial charge in [-0.15, -0.1) is 0 Å². The minimum absolute atomic E-state index is 0.146. The summed E-state index contributed by atoms with van der Waals surface area (Å²) in [5.74, 6) is 0.785. The molecule has 2 amide bonds. The van der Waals surface area contributed by atoms with Crippen molar-refractivity contribution in [3.05, 3.63) is 29.3 Å². The molecule has 112 valence electrons. The van der Waals surface area contributed by atoms with Crippen molar-refractivity contribution < 1.29 is 14.6 Å². The van der Waals surface area contributed by atoms with E-state index in [9.17, 15) is 4.79 Å². The number of aryl methyl sites for hydroxylation is 1. The van der Waals surface area contributed by atoms with Gasteiger partial charge in [-0.1, -0.05) is 12.1 Å². The highest BCUT2D eigenvalue weighted by Crippen LogP contribution is 2.19. The van der Waals surface area contributed by atoms with E-state index in [4.69, 9.17) is 9.84 Å². The molecule has 0 saturated heterocycles. The molecule has 1 aromatic carbocycles. The summed E-state index contributed by atoms with van der Waals surface area (Å²) < 4.78 is 5.53. The zero-order valence-electron chi connectivity index (χ0n) is 12.2. The normalized spacial score (nSPS) is 10.2. The number of ether oxygens (including phenoxy) is 1. The Morgan fingerprint density at radius 1 is 1.20 bits per heavy atom. The van der Waals surface area contributed by atoms with Gasteiger partial charge in [0.25, 0.3) is 0 Å². The number of urea groups is 1. The van der Waals surface area contributed by atoms with Crippen LogP contribution >= 0.6 is 0 Å². The fraction of sp³-hybridized carbons (Fsp3) is 0.533. The van der Waals surface area contributed by atoms with Crippen LogP contribution in [0.2, 0.25) is 0 Å². The molecular formula is C15H24N2O3. The lowest BCUT2D eigenvalue weighted by molar-refractivity contribution is 0.223. The van der Waals surface area contributed by atoms with Gasteiger partial charge in [-0.25, -0.2) is 4.79 Å². The van der Waals surface area contributed by atoms with Gasteiger partial charge < -0.3 is 20.5 Å². The number of nitrogens with one attached hydrogen (secondary N) is 2. The Kier molecular flexibility index (Phi) is 7.50. The highest BCUT2D eigenvalue weighted by Gasteiger charge is 2.03. The maximum atomic E-state index is 11.5. The summed E-state index contributed by atoms with van der Waals surface area (Å²) in [7, 11) is 0. The number of amides is 2. The molecule has 20 heavy (non-hydrogen) atoms. The monoisotopic (exact) mass is 280 g/mol. The molecule has 0 radical (unpaired) electrons. The Labute approximate surface area is 120 Å². The van der Waals surface area contributed by atoms with Crippen LogP contribution in [0.25, 0.3) is 0 Å². The molecule has 1 aromatic rings. The molecule has 5 nitrogen and oxygen atoms in total. The van der Waals surface area contributed by atoms with Crippen LogP contribution in [-0.4, -0.2) is 31.0 Å². The quantitative estimate of drug-likeness (QED) is 0.504. The first-order valence-electron chi connectivity index (χ1n) is 6.96. The Bertz CT molecular complexity index is 422. The molecule has 0 aliphatic heterocycles. The van der Waals surface area contributed by atoms with Crippen LogP contribution in [0.5, 0.6) is 5.75 Å². The van der Waals surface area contributed by atoms with Gasteiger partial charge in [-0.3, -0.25) is 0 Å². The second-order valence-electron chi connectivity index (χ2n) is 4.70. The maximum Gasteiger partial charge on any atom is 0.317 e. The molecule has 0 bridgehead atoms. The molecule has 0 heterocycles. The van der Waals surface area contributed by atoms with Gasteiger partial charge >= 0.3 is 6.03 Å². The molecule has 0 spiro atoms. The number of carbonyl (C=O) groups excluding carboxylic acids is 1. The van der Waals surface area contributed by atoms with E-state index in [1.165, 1.54) is 0 Å². The molecule has 0 aliphatic rings. The lowest BCUT2D eigenvalue weighted by Crippen LogP contribution is -2.38. The van der Waals surface area contributed by atoms with Crippen LogP contribution in [-0.2, 0) is 0 Å². The average Bonchev–Trinajstić information content (AvgIpc) is 2.43. The number of carbonyl (C=O) groups is 1. The molecule has 0 unspecified atom stereocenters. The fourth-order valence-corrected chi connectivity index (χ4v) is 1.74. The van der Waals surface area contributed by atoms with Crippen LogP contribution in [0.4, 0.5) is 4.79 Å². The minimum Gasteiger partial charge on any atom is -0.473 e. The number of hydrogen-bond acceptors (Lipinski definition) is 3. The maximum absolute atomic E-state index is 11.5. The van der Waals surface area contributed by atoms with Crippen molar-refractivity contribution in [1.29, 1.82) is 0 Å². The minimum atomic E-state index is -0.237. The van der Waals surface area contributed by atoms with Gasteiger partial charge in [0.1, 0.15) is 5.75 Å². The van der Waals surface area contributed by atoms with E-state index in [-0.39, 0.29) is 19.4 Å². The molecule has 0 atom stereocenters. The van der Waals surface area contributed by atoms with Crippen LogP contribution in [0.1, 0.15) is 30.4 Å². The molecule has 0 fully saturated rings. The van der Waals surface area contributed by atoms with Crippen LogP contribution in [0.3, 0.4) is 0 Å². The summed E-state index contributed by atoms with van der Waals surface area (Å²) in [4.78, 5) is 11.5. The molecular weight excluding hydrogens is 256 g/mol. The number of hydrogen-bond donors (Lipinski definition) is 3. The van der Waals surface area contributed by atoms with Gasteiger partial charge in [0.2, 0.25) is 0 Å². The first-order valence-corrected chi connectivity index (χ1v) is 6.96. The third-order valence-corrected chi connectivity index (χ3v) is 3.14. The predicted molar refractivity (Wildman–Crippen MR) is 78.9 cm³/mol. The lowest BCUT2D eigenvalue weighted by Gasteiger charge is -2.12. The molecule has 0 saturated carbocycles. The van der Waals surface area contributed by atoms with E-state index in [1.807, 2.05) is 32.0 Å². The third-order valence-electron chi connectivity index (χ3n) is 3.14. The lowest BCUT2D eigenvalue weighted by atomic mass is 10.1. The van der Waals surface area contributed by atoms with E-state index in [2.05, 4.69) is 10.6 Å². The van der Waals surface area contributed by atoms with Crippen molar-refractivity contribution in [2.45, 2.75) is 33.1 Å². The number of unbranched alkanes of at least 4 members (excludes halogenated alkanes) is 2. The summed E-state index contributed by atoms with van der Waals surface area (Å²) in [5, 5.41) is 14.0. The number of rotatable bonds is 8. The van der Waals surface area contributed by atoms with Gasteiger partial charge in [-0.2, -0.15) is 0 Å². The number of aliphatic hydroxyl groups excluding tert-OH is 1. The predicted octanol–water partition coefficient (Wildman–Crippen LogP) is 2.10. The van der Waals surface area contributed by atoms with Crippen molar-refractivity contribution in [3.63, 3.8) is 0 Å². The van der Waals surface area contributed by atoms with Crippen molar-refractivity contribution >= 4 is 6.03 Å². The number of benzene rings is 1. The van der Waals surface area contributed by atoms with Crippen molar-refractivity contribution in [3.8, 4) is 5.75 Å². The van der Waals surface area contributed by atoms with Gasteiger partial charge in [0, 0.05) is 13.2 Å². The van der Waals surface area contributed by atoms with Gasteiger partial charge in [0.15, 0.2) is 6.73 Å². The van der Waals surface area contributed by atoms with E-state index >= 15 is 0 Å². The molecule has 5 heteroatoms. The highest BCUT2D eigenvalue weighted by molar-refractivity contribution is 5.73. The standard InChI is InChI=1S/C15H24N2O3/c1-12-7-6-8-14(13(12)2)20-11-17-15(19)16-9-4-3-5-10-18/h6-8,18H,3-5,9-11H2,1-2H3,(H2,16,17,19). The smallest absolute Gasteiger partial charge is 0.317 e. The zero-order chi connectivity index (χ0) is 14.8. The average molecular weight is 280 g/mol. The Morgan fingerprint density at radius 2 is 2.00 bits per heavy atom. The second-order valence-corrected chi connectivity index (χ2v) is 4.70. The van der Waals surface area contributed by atoms with Crippen LogP contribution in [0.15, 0.2) is 18.2 Å². The first kappa shape index (κ1) is 16.3. The molecule has 0 aliphatic carbocycles. The second kappa shape index (κ2) is 9.20. The summed E-state index contributed by atoms with van der Waals surface area (Å²) in [6.07, 6.45) is 2.56. The van der Waals surface area contributed by atoms with E-state index < -0.39 is 0 Å². The van der Waals surface area contributed by atoms with Crippen molar-refractivity contribution in [1.82, 2.24) is 10.6 Å². The molecule has 0 aromatic heterocycles. The highest BCUT2D eigenvalue weighted by atomic mass is 16.5. The first-order chi connectivity index (χ1) is 9.65. The Hall–Kier alpha value is -1.75. The fourth-order valence-electron chi connectivity index (χ4n) is 1.74. The summed E-state index contributed by atoms with van der Waals surface area (Å²) in [6, 6.07) is 5.60. The SMILES string of the molecule is Cc1cccc(OCNC(=O)NCCCCCO)c1C.